The second-order valence-electron chi connectivity index (χ2n) is 8.45. The summed E-state index contributed by atoms with van der Waals surface area (Å²) in [6.07, 6.45) is 19.9. The molecule has 0 aromatic rings. The molecule has 1 aliphatic carbocycles. The van der Waals surface area contributed by atoms with E-state index in [1.807, 2.05) is 0 Å². The quantitative estimate of drug-likeness (QED) is 0.419. The van der Waals surface area contributed by atoms with Crippen LogP contribution in [0.2, 0.25) is 0 Å². The third-order valence-corrected chi connectivity index (χ3v) is 5.53. The van der Waals surface area contributed by atoms with E-state index in [0.717, 1.165) is 12.3 Å². The molecule has 0 heteroatoms. The molecule has 0 fully saturated rings. The van der Waals surface area contributed by atoms with Gasteiger partial charge in [-0.05, 0) is 62.7 Å². The molecule has 132 valence electrons. The van der Waals surface area contributed by atoms with Crippen molar-refractivity contribution < 1.29 is 0 Å². The van der Waals surface area contributed by atoms with E-state index < -0.39 is 0 Å². The van der Waals surface area contributed by atoms with Crippen molar-refractivity contribution in [3.05, 3.63) is 35.5 Å². The molecule has 23 heavy (non-hydrogen) atoms. The monoisotopic (exact) mass is 316 g/mol. The summed E-state index contributed by atoms with van der Waals surface area (Å²) in [6, 6.07) is 0. The van der Waals surface area contributed by atoms with Gasteiger partial charge >= 0.3 is 0 Å². The fourth-order valence-electron chi connectivity index (χ4n) is 3.42. The van der Waals surface area contributed by atoms with Gasteiger partial charge in [0.2, 0.25) is 0 Å². The molecule has 0 aromatic carbocycles. The van der Waals surface area contributed by atoms with E-state index in [2.05, 4.69) is 65.8 Å². The summed E-state index contributed by atoms with van der Waals surface area (Å²) in [6.45, 7) is 14.2. The largest absolute Gasteiger partial charge is 0.0880 e. The van der Waals surface area contributed by atoms with Crippen molar-refractivity contribution in [1.82, 2.24) is 0 Å². The highest BCUT2D eigenvalue weighted by molar-refractivity contribution is 5.19. The maximum atomic E-state index is 2.59. The Morgan fingerprint density at radius 3 is 2.65 bits per heavy atom. The minimum Gasteiger partial charge on any atom is -0.0880 e. The molecule has 1 aliphatic rings. The lowest BCUT2D eigenvalue weighted by atomic mass is 9.79. The summed E-state index contributed by atoms with van der Waals surface area (Å²) in [5, 5.41) is 0. The van der Waals surface area contributed by atoms with Crippen LogP contribution in [0.5, 0.6) is 0 Å². The van der Waals surface area contributed by atoms with E-state index in [0.29, 0.717) is 11.3 Å². The van der Waals surface area contributed by atoms with E-state index in [1.54, 1.807) is 11.1 Å². The fraction of sp³-hybridized carbons (Fsp3) is 0.739. The van der Waals surface area contributed by atoms with Crippen molar-refractivity contribution >= 4 is 0 Å². The highest BCUT2D eigenvalue weighted by atomic mass is 14.3. The Labute approximate surface area is 146 Å². The number of allylic oxidation sites excluding steroid dienone is 6. The van der Waals surface area contributed by atoms with E-state index in [-0.39, 0.29) is 0 Å². The van der Waals surface area contributed by atoms with Crippen LogP contribution in [-0.2, 0) is 0 Å². The van der Waals surface area contributed by atoms with Gasteiger partial charge in [-0.25, -0.2) is 0 Å². The summed E-state index contributed by atoms with van der Waals surface area (Å²) >= 11 is 0. The Kier molecular flexibility index (Phi) is 8.95. The summed E-state index contributed by atoms with van der Waals surface area (Å²) in [4.78, 5) is 0. The van der Waals surface area contributed by atoms with Crippen LogP contribution in [0.15, 0.2) is 35.5 Å². The molecule has 0 radical (unpaired) electrons. The molecule has 2 unspecified atom stereocenters. The molecule has 0 saturated heterocycles. The Bertz CT molecular complexity index is 419. The Morgan fingerprint density at radius 1 is 1.26 bits per heavy atom. The van der Waals surface area contributed by atoms with Crippen LogP contribution >= 0.6 is 0 Å². The predicted octanol–water partition coefficient (Wildman–Crippen LogP) is 7.87. The van der Waals surface area contributed by atoms with Crippen LogP contribution < -0.4 is 0 Å². The summed E-state index contributed by atoms with van der Waals surface area (Å²) in [5.41, 5.74) is 3.74. The second-order valence-corrected chi connectivity index (χ2v) is 8.45. The summed E-state index contributed by atoms with van der Waals surface area (Å²) < 4.78 is 0. The second kappa shape index (κ2) is 10.2. The van der Waals surface area contributed by atoms with Crippen molar-refractivity contribution in [2.24, 2.45) is 17.3 Å². The zero-order valence-electron chi connectivity index (χ0n) is 16.6. The minimum atomic E-state index is 0.466. The summed E-state index contributed by atoms with van der Waals surface area (Å²) in [5.74, 6) is 1.44. The third kappa shape index (κ3) is 8.04. The van der Waals surface area contributed by atoms with Gasteiger partial charge in [0.25, 0.3) is 0 Å². The van der Waals surface area contributed by atoms with Crippen LogP contribution in [0.1, 0.15) is 92.9 Å². The lowest BCUT2D eigenvalue weighted by Gasteiger charge is -2.27. The standard InChI is InChI=1S/C23H40/c1-7-12-19(3)17-22-18-20(4)13-10-9-11-14-21(22)15-16-23(5,6)8-2/h9-10,14,17,20,22H,7-8,11-13,15-16,18H2,1-6H3. The molecular weight excluding hydrogens is 276 g/mol. The molecule has 0 heterocycles. The molecule has 0 spiro atoms. The van der Waals surface area contributed by atoms with E-state index >= 15 is 0 Å². The average Bonchev–Trinajstić information content (AvgIpc) is 2.57. The van der Waals surface area contributed by atoms with E-state index in [9.17, 15) is 0 Å². The summed E-state index contributed by atoms with van der Waals surface area (Å²) in [7, 11) is 0. The SMILES string of the molecule is CCCC(C)=CC1CC(C)CC=CCC=C1CCC(C)(C)CC. The lowest BCUT2D eigenvalue weighted by molar-refractivity contribution is 0.316. The first-order chi connectivity index (χ1) is 10.9. The van der Waals surface area contributed by atoms with Crippen molar-refractivity contribution in [2.75, 3.05) is 0 Å². The predicted molar refractivity (Wildman–Crippen MR) is 106 cm³/mol. The normalized spacial score (nSPS) is 23.9. The van der Waals surface area contributed by atoms with Gasteiger partial charge in [-0.3, -0.25) is 0 Å². The van der Waals surface area contributed by atoms with Crippen LogP contribution in [0.4, 0.5) is 0 Å². The lowest BCUT2D eigenvalue weighted by Crippen LogP contribution is -2.13. The first-order valence-corrected chi connectivity index (χ1v) is 9.89. The van der Waals surface area contributed by atoms with Crippen LogP contribution in [-0.4, -0.2) is 0 Å². The van der Waals surface area contributed by atoms with Gasteiger partial charge < -0.3 is 0 Å². The Hall–Kier alpha value is -0.780. The van der Waals surface area contributed by atoms with Gasteiger partial charge in [-0.2, -0.15) is 0 Å². The van der Waals surface area contributed by atoms with Gasteiger partial charge in [0.05, 0.1) is 0 Å². The molecule has 0 bridgehead atoms. The van der Waals surface area contributed by atoms with Crippen LogP contribution in [0, 0.1) is 17.3 Å². The molecule has 0 aliphatic heterocycles. The molecule has 0 amide bonds. The molecule has 1 rings (SSSR count). The topological polar surface area (TPSA) is 0 Å². The van der Waals surface area contributed by atoms with Crippen molar-refractivity contribution in [3.8, 4) is 0 Å². The molecule has 0 N–H and O–H groups in total. The molecule has 0 nitrogen and oxygen atoms in total. The van der Waals surface area contributed by atoms with Gasteiger partial charge in [0.1, 0.15) is 0 Å². The molecule has 2 atom stereocenters. The van der Waals surface area contributed by atoms with Crippen LogP contribution in [0.3, 0.4) is 0 Å². The van der Waals surface area contributed by atoms with Gasteiger partial charge in [-0.1, -0.05) is 82.9 Å². The fourth-order valence-corrected chi connectivity index (χ4v) is 3.42. The number of hydrogen-bond acceptors (Lipinski definition) is 0. The van der Waals surface area contributed by atoms with Crippen molar-refractivity contribution in [3.63, 3.8) is 0 Å². The Morgan fingerprint density at radius 2 is 2.00 bits per heavy atom. The van der Waals surface area contributed by atoms with Crippen molar-refractivity contribution in [1.29, 1.82) is 0 Å². The van der Waals surface area contributed by atoms with Crippen LogP contribution in [0.25, 0.3) is 0 Å². The van der Waals surface area contributed by atoms with E-state index in [1.165, 1.54) is 44.9 Å². The Balaban J connectivity index is 2.94. The number of rotatable bonds is 7. The van der Waals surface area contributed by atoms with Gasteiger partial charge in [-0.15, -0.1) is 0 Å². The average molecular weight is 317 g/mol. The van der Waals surface area contributed by atoms with Gasteiger partial charge in [0, 0.05) is 0 Å². The molecular formula is C23H40. The van der Waals surface area contributed by atoms with E-state index in [4.69, 9.17) is 0 Å². The highest BCUT2D eigenvalue weighted by Gasteiger charge is 2.20. The first-order valence-electron chi connectivity index (χ1n) is 9.89. The zero-order chi connectivity index (χ0) is 17.3. The maximum absolute atomic E-state index is 2.59. The first kappa shape index (κ1) is 20.3. The zero-order valence-corrected chi connectivity index (χ0v) is 16.6. The van der Waals surface area contributed by atoms with Gasteiger partial charge in [0.15, 0.2) is 0 Å². The number of hydrogen-bond donors (Lipinski definition) is 0. The maximum Gasteiger partial charge on any atom is -0.00180 e. The smallest absolute Gasteiger partial charge is 0.00180 e. The molecule has 0 aromatic heterocycles. The highest BCUT2D eigenvalue weighted by Crippen LogP contribution is 2.34. The third-order valence-electron chi connectivity index (χ3n) is 5.53. The molecule has 0 saturated carbocycles. The van der Waals surface area contributed by atoms with Crippen molar-refractivity contribution in [2.45, 2.75) is 92.9 Å². The minimum absolute atomic E-state index is 0.466.